The standard InChI is InChI=1S/C12H13FN4O2/c1-17-12(9-4-3-8(13)7-14-9)15-10(16-17)5-6-11(18)19-2/h3-4,7H,5-6H2,1-2H3. The van der Waals surface area contributed by atoms with Crippen molar-refractivity contribution in [2.24, 2.45) is 7.05 Å². The van der Waals surface area contributed by atoms with Crippen molar-refractivity contribution in [2.45, 2.75) is 12.8 Å². The maximum atomic E-state index is 12.8. The molecule has 19 heavy (non-hydrogen) atoms. The second-order valence-electron chi connectivity index (χ2n) is 3.91. The van der Waals surface area contributed by atoms with Crippen LogP contribution < -0.4 is 0 Å². The van der Waals surface area contributed by atoms with E-state index in [0.717, 1.165) is 6.20 Å². The zero-order valence-corrected chi connectivity index (χ0v) is 10.6. The van der Waals surface area contributed by atoms with Crippen LogP contribution in [0.25, 0.3) is 11.5 Å². The zero-order valence-electron chi connectivity index (χ0n) is 10.6. The molecule has 2 heterocycles. The van der Waals surface area contributed by atoms with E-state index >= 15 is 0 Å². The van der Waals surface area contributed by atoms with E-state index in [9.17, 15) is 9.18 Å². The number of pyridine rings is 1. The Hall–Kier alpha value is -2.31. The van der Waals surface area contributed by atoms with Crippen molar-refractivity contribution < 1.29 is 13.9 Å². The summed E-state index contributed by atoms with van der Waals surface area (Å²) in [6.45, 7) is 0. The average molecular weight is 264 g/mol. The summed E-state index contributed by atoms with van der Waals surface area (Å²) in [4.78, 5) is 19.3. The molecule has 0 saturated carbocycles. The van der Waals surface area contributed by atoms with Crippen LogP contribution in [-0.4, -0.2) is 32.8 Å². The van der Waals surface area contributed by atoms with E-state index < -0.39 is 5.82 Å². The van der Waals surface area contributed by atoms with Gasteiger partial charge in [-0.05, 0) is 12.1 Å². The van der Waals surface area contributed by atoms with Crippen LogP contribution in [0.15, 0.2) is 18.3 Å². The van der Waals surface area contributed by atoms with Crippen LogP contribution in [0.3, 0.4) is 0 Å². The van der Waals surface area contributed by atoms with Gasteiger partial charge in [-0.25, -0.2) is 19.0 Å². The first-order valence-corrected chi connectivity index (χ1v) is 5.69. The molecule has 0 bridgehead atoms. The molecule has 0 aliphatic rings. The molecular weight excluding hydrogens is 251 g/mol. The minimum absolute atomic E-state index is 0.219. The van der Waals surface area contributed by atoms with Crippen molar-refractivity contribution in [3.8, 4) is 11.5 Å². The molecule has 0 unspecified atom stereocenters. The summed E-state index contributed by atoms with van der Waals surface area (Å²) in [6.07, 6.45) is 1.73. The second-order valence-corrected chi connectivity index (χ2v) is 3.91. The third-order valence-corrected chi connectivity index (χ3v) is 2.54. The molecule has 0 spiro atoms. The molecule has 100 valence electrons. The molecule has 6 nitrogen and oxygen atoms in total. The van der Waals surface area contributed by atoms with Crippen LogP contribution in [-0.2, 0) is 23.0 Å². The SMILES string of the molecule is COC(=O)CCc1nc(-c2ccc(F)cn2)n(C)n1. The van der Waals surface area contributed by atoms with Gasteiger partial charge in [-0.2, -0.15) is 5.10 Å². The van der Waals surface area contributed by atoms with Gasteiger partial charge in [0.2, 0.25) is 0 Å². The summed E-state index contributed by atoms with van der Waals surface area (Å²) in [7, 11) is 3.05. The van der Waals surface area contributed by atoms with Crippen LogP contribution in [0.5, 0.6) is 0 Å². The largest absolute Gasteiger partial charge is 0.469 e. The van der Waals surface area contributed by atoms with Gasteiger partial charge in [-0.3, -0.25) is 4.79 Å². The maximum absolute atomic E-state index is 12.8. The number of halogens is 1. The van der Waals surface area contributed by atoms with Crippen molar-refractivity contribution in [1.82, 2.24) is 19.7 Å². The number of aryl methyl sites for hydroxylation is 2. The Kier molecular flexibility index (Phi) is 3.84. The number of carbonyl (C=O) groups is 1. The summed E-state index contributed by atoms with van der Waals surface area (Å²) < 4.78 is 18.9. The Morgan fingerprint density at radius 1 is 1.47 bits per heavy atom. The zero-order chi connectivity index (χ0) is 13.8. The molecule has 2 aromatic heterocycles. The molecule has 0 aliphatic heterocycles. The molecular formula is C12H13FN4O2. The van der Waals surface area contributed by atoms with E-state index in [-0.39, 0.29) is 12.4 Å². The third kappa shape index (κ3) is 3.12. The van der Waals surface area contributed by atoms with Gasteiger partial charge in [0.15, 0.2) is 11.6 Å². The van der Waals surface area contributed by atoms with Gasteiger partial charge in [0.25, 0.3) is 0 Å². The van der Waals surface area contributed by atoms with Crippen LogP contribution >= 0.6 is 0 Å². The topological polar surface area (TPSA) is 69.9 Å². The summed E-state index contributed by atoms with van der Waals surface area (Å²) in [5.41, 5.74) is 0.528. The summed E-state index contributed by atoms with van der Waals surface area (Å²) in [6, 6.07) is 2.84. The summed E-state index contributed by atoms with van der Waals surface area (Å²) >= 11 is 0. The number of rotatable bonds is 4. The molecule has 0 aliphatic carbocycles. The van der Waals surface area contributed by atoms with E-state index in [1.54, 1.807) is 11.7 Å². The normalized spacial score (nSPS) is 10.5. The van der Waals surface area contributed by atoms with Crippen molar-refractivity contribution in [1.29, 1.82) is 0 Å². The van der Waals surface area contributed by atoms with Gasteiger partial charge in [0.1, 0.15) is 11.5 Å². The van der Waals surface area contributed by atoms with Gasteiger partial charge in [0, 0.05) is 13.5 Å². The number of ether oxygens (including phenoxy) is 1. The predicted molar refractivity (Wildman–Crippen MR) is 64.5 cm³/mol. The van der Waals surface area contributed by atoms with Crippen LogP contribution in [0.1, 0.15) is 12.2 Å². The minimum atomic E-state index is -0.406. The Morgan fingerprint density at radius 2 is 2.26 bits per heavy atom. The second kappa shape index (κ2) is 5.55. The average Bonchev–Trinajstić information content (AvgIpc) is 2.78. The van der Waals surface area contributed by atoms with Crippen LogP contribution in [0.2, 0.25) is 0 Å². The molecule has 0 N–H and O–H groups in total. The smallest absolute Gasteiger partial charge is 0.305 e. The number of nitrogens with zero attached hydrogens (tertiary/aromatic N) is 4. The number of aromatic nitrogens is 4. The van der Waals surface area contributed by atoms with E-state index in [4.69, 9.17) is 0 Å². The van der Waals surface area contributed by atoms with E-state index in [1.165, 1.54) is 19.2 Å². The molecule has 2 rings (SSSR count). The lowest BCUT2D eigenvalue weighted by Crippen LogP contribution is -2.03. The molecule has 0 atom stereocenters. The van der Waals surface area contributed by atoms with Crippen molar-refractivity contribution in [2.75, 3.05) is 7.11 Å². The highest BCUT2D eigenvalue weighted by Gasteiger charge is 2.12. The Bertz CT molecular complexity index is 580. The Labute approximate surface area is 109 Å². The number of carbonyl (C=O) groups excluding carboxylic acids is 1. The molecule has 2 aromatic rings. The highest BCUT2D eigenvalue weighted by molar-refractivity contribution is 5.69. The lowest BCUT2D eigenvalue weighted by Gasteiger charge is -1.97. The van der Waals surface area contributed by atoms with Crippen LogP contribution in [0.4, 0.5) is 4.39 Å². The summed E-state index contributed by atoms with van der Waals surface area (Å²) in [5.74, 6) is 0.333. The molecule has 0 saturated heterocycles. The van der Waals surface area contributed by atoms with Gasteiger partial charge in [0.05, 0.1) is 19.7 Å². The monoisotopic (exact) mass is 264 g/mol. The van der Waals surface area contributed by atoms with Crippen molar-refractivity contribution in [3.05, 3.63) is 30.0 Å². The van der Waals surface area contributed by atoms with Crippen molar-refractivity contribution in [3.63, 3.8) is 0 Å². The van der Waals surface area contributed by atoms with Gasteiger partial charge >= 0.3 is 5.97 Å². The first kappa shape index (κ1) is 13.1. The fourth-order valence-corrected chi connectivity index (χ4v) is 1.59. The van der Waals surface area contributed by atoms with E-state index in [1.807, 2.05) is 0 Å². The fraction of sp³-hybridized carbons (Fsp3) is 0.333. The molecule has 0 fully saturated rings. The fourth-order valence-electron chi connectivity index (χ4n) is 1.59. The highest BCUT2D eigenvalue weighted by atomic mass is 19.1. The van der Waals surface area contributed by atoms with Gasteiger partial charge < -0.3 is 4.74 Å². The Balaban J connectivity index is 2.16. The maximum Gasteiger partial charge on any atom is 0.305 e. The minimum Gasteiger partial charge on any atom is -0.469 e. The van der Waals surface area contributed by atoms with E-state index in [0.29, 0.717) is 23.8 Å². The van der Waals surface area contributed by atoms with E-state index in [2.05, 4.69) is 19.8 Å². The predicted octanol–water partition coefficient (Wildman–Crippen LogP) is 1.12. The lowest BCUT2D eigenvalue weighted by molar-refractivity contribution is -0.140. The molecule has 7 heteroatoms. The van der Waals surface area contributed by atoms with Gasteiger partial charge in [-0.1, -0.05) is 0 Å². The number of methoxy groups -OCH3 is 1. The molecule has 0 aromatic carbocycles. The van der Waals surface area contributed by atoms with Gasteiger partial charge in [-0.15, -0.1) is 0 Å². The first-order valence-electron chi connectivity index (χ1n) is 5.69. The molecule has 0 amide bonds. The van der Waals surface area contributed by atoms with Crippen LogP contribution in [0, 0.1) is 5.82 Å². The lowest BCUT2D eigenvalue weighted by atomic mass is 10.3. The highest BCUT2D eigenvalue weighted by Crippen LogP contribution is 2.14. The quantitative estimate of drug-likeness (QED) is 0.774. The first-order chi connectivity index (χ1) is 9.10. The molecule has 0 radical (unpaired) electrons. The Morgan fingerprint density at radius 3 is 2.89 bits per heavy atom. The number of esters is 1. The summed E-state index contributed by atoms with van der Waals surface area (Å²) in [5, 5.41) is 4.18. The number of hydrogen-bond donors (Lipinski definition) is 0. The van der Waals surface area contributed by atoms with Crippen molar-refractivity contribution >= 4 is 5.97 Å². The third-order valence-electron chi connectivity index (χ3n) is 2.54. The number of hydrogen-bond acceptors (Lipinski definition) is 5.